The summed E-state index contributed by atoms with van der Waals surface area (Å²) in [6.07, 6.45) is 0. The second-order valence-electron chi connectivity index (χ2n) is 3.08. The van der Waals surface area contributed by atoms with E-state index in [4.69, 9.17) is 27.9 Å². The average molecular weight is 311 g/mol. The Bertz CT molecular complexity index is 437. The maximum atomic E-state index is 11.6. The molecule has 0 atom stereocenters. The molecule has 100 valence electrons. The van der Waals surface area contributed by atoms with Gasteiger partial charge in [-0.3, -0.25) is 5.32 Å². The van der Waals surface area contributed by atoms with Crippen LogP contribution < -0.4 is 10.6 Å². The van der Waals surface area contributed by atoms with Gasteiger partial charge in [0, 0.05) is 12.4 Å². The normalized spacial score (nSPS) is 9.94. The lowest BCUT2D eigenvalue weighted by molar-refractivity contribution is 0.0528. The molecule has 0 fully saturated rings. The molecule has 0 unspecified atom stereocenters. The number of hydrogen-bond acceptors (Lipinski definition) is 4. The van der Waals surface area contributed by atoms with Gasteiger partial charge >= 0.3 is 12.0 Å². The van der Waals surface area contributed by atoms with E-state index in [9.17, 15) is 9.59 Å². The molecule has 0 bridgehead atoms. The first kappa shape index (κ1) is 15.1. The van der Waals surface area contributed by atoms with Crippen molar-refractivity contribution < 1.29 is 14.3 Å². The van der Waals surface area contributed by atoms with Gasteiger partial charge in [0.15, 0.2) is 0 Å². The Labute approximate surface area is 118 Å². The molecule has 0 aliphatic heterocycles. The highest BCUT2D eigenvalue weighted by atomic mass is 35.5. The molecule has 2 N–H and O–H groups in total. The van der Waals surface area contributed by atoms with Gasteiger partial charge in [-0.15, -0.1) is 22.9 Å². The number of carbonyl (C=O) groups excluding carboxylic acids is 2. The van der Waals surface area contributed by atoms with E-state index in [1.54, 1.807) is 6.92 Å². The maximum Gasteiger partial charge on any atom is 0.341 e. The standard InChI is InChI=1S/C10H12Cl2N2O3S/c1-2-17-9(15)6-5-7(12)18-8(6)14-10(16)13-4-3-11/h5H,2-4H2,1H3,(H2,13,14,16). The Hall–Kier alpha value is -0.980. The summed E-state index contributed by atoms with van der Waals surface area (Å²) >= 11 is 12.3. The van der Waals surface area contributed by atoms with Crippen LogP contribution in [0.15, 0.2) is 6.07 Å². The van der Waals surface area contributed by atoms with Crippen molar-refractivity contribution in [3.8, 4) is 0 Å². The zero-order valence-electron chi connectivity index (χ0n) is 9.59. The van der Waals surface area contributed by atoms with E-state index in [0.717, 1.165) is 11.3 Å². The number of amides is 2. The van der Waals surface area contributed by atoms with Crippen molar-refractivity contribution in [3.63, 3.8) is 0 Å². The second kappa shape index (κ2) is 7.45. The third kappa shape index (κ3) is 4.36. The quantitative estimate of drug-likeness (QED) is 0.649. The van der Waals surface area contributed by atoms with Crippen molar-refractivity contribution in [1.29, 1.82) is 0 Å². The van der Waals surface area contributed by atoms with Crippen LogP contribution in [0.25, 0.3) is 0 Å². The molecule has 0 saturated heterocycles. The molecule has 2 amide bonds. The first-order chi connectivity index (χ1) is 8.58. The predicted molar refractivity (Wildman–Crippen MR) is 73.0 cm³/mol. The van der Waals surface area contributed by atoms with E-state index >= 15 is 0 Å². The number of hydrogen-bond donors (Lipinski definition) is 2. The molecule has 0 aromatic carbocycles. The minimum atomic E-state index is -0.520. The highest BCUT2D eigenvalue weighted by molar-refractivity contribution is 7.20. The summed E-state index contributed by atoms with van der Waals surface area (Å²) in [6, 6.07) is 1.01. The highest BCUT2D eigenvalue weighted by Crippen LogP contribution is 2.32. The van der Waals surface area contributed by atoms with Crippen molar-refractivity contribution in [3.05, 3.63) is 16.0 Å². The Morgan fingerprint density at radius 2 is 2.22 bits per heavy atom. The number of urea groups is 1. The van der Waals surface area contributed by atoms with Crippen LogP contribution in [0.4, 0.5) is 9.80 Å². The van der Waals surface area contributed by atoms with Gasteiger partial charge in [-0.05, 0) is 13.0 Å². The molecule has 0 saturated carbocycles. The lowest BCUT2D eigenvalue weighted by Crippen LogP contribution is -2.30. The molecule has 8 heteroatoms. The van der Waals surface area contributed by atoms with Gasteiger partial charge in [-0.2, -0.15) is 0 Å². The van der Waals surface area contributed by atoms with Gasteiger partial charge in [-0.1, -0.05) is 11.6 Å². The third-order valence-electron chi connectivity index (χ3n) is 1.80. The predicted octanol–water partition coefficient (Wildman–Crippen LogP) is 2.94. The van der Waals surface area contributed by atoms with Crippen molar-refractivity contribution in [1.82, 2.24) is 5.32 Å². The van der Waals surface area contributed by atoms with E-state index in [2.05, 4.69) is 10.6 Å². The smallest absolute Gasteiger partial charge is 0.341 e. The molecule has 0 radical (unpaired) electrons. The summed E-state index contributed by atoms with van der Waals surface area (Å²) < 4.78 is 5.26. The highest BCUT2D eigenvalue weighted by Gasteiger charge is 2.18. The maximum absolute atomic E-state index is 11.6. The van der Waals surface area contributed by atoms with Gasteiger partial charge in [0.05, 0.1) is 16.5 Å². The topological polar surface area (TPSA) is 67.4 Å². The number of esters is 1. The molecule has 0 spiro atoms. The van der Waals surface area contributed by atoms with Crippen molar-refractivity contribution in [2.24, 2.45) is 0 Å². The molecule has 5 nitrogen and oxygen atoms in total. The second-order valence-corrected chi connectivity index (χ2v) is 5.15. The fourth-order valence-electron chi connectivity index (χ4n) is 1.12. The number of alkyl halides is 1. The molecule has 0 aliphatic rings. The molecular formula is C10H12Cl2N2O3S. The molecular weight excluding hydrogens is 299 g/mol. The van der Waals surface area contributed by atoms with Crippen LogP contribution in [0, 0.1) is 0 Å². The minimum Gasteiger partial charge on any atom is -0.462 e. The summed E-state index contributed by atoms with van der Waals surface area (Å²) in [5.41, 5.74) is 0.243. The van der Waals surface area contributed by atoms with Crippen LogP contribution in [0.3, 0.4) is 0 Å². The van der Waals surface area contributed by atoms with Crippen LogP contribution >= 0.6 is 34.5 Å². The summed E-state index contributed by atoms with van der Waals surface area (Å²) in [5, 5.41) is 5.40. The molecule has 18 heavy (non-hydrogen) atoms. The van der Waals surface area contributed by atoms with E-state index < -0.39 is 12.0 Å². The summed E-state index contributed by atoms with van der Waals surface area (Å²) in [7, 11) is 0. The molecule has 0 aliphatic carbocycles. The van der Waals surface area contributed by atoms with Crippen LogP contribution in [-0.2, 0) is 4.74 Å². The van der Waals surface area contributed by atoms with Crippen molar-refractivity contribution in [2.45, 2.75) is 6.92 Å². The van der Waals surface area contributed by atoms with Gasteiger partial charge in [-0.25, -0.2) is 9.59 Å². The number of thiophene rings is 1. The third-order valence-corrected chi connectivity index (χ3v) is 3.17. The van der Waals surface area contributed by atoms with Crippen LogP contribution in [0.1, 0.15) is 17.3 Å². The number of halogens is 2. The number of carbonyl (C=O) groups is 2. The van der Waals surface area contributed by atoms with Crippen LogP contribution in [0.5, 0.6) is 0 Å². The number of ether oxygens (including phenoxy) is 1. The molecule has 1 rings (SSSR count). The zero-order valence-corrected chi connectivity index (χ0v) is 11.9. The Morgan fingerprint density at radius 1 is 1.50 bits per heavy atom. The Morgan fingerprint density at radius 3 is 2.83 bits per heavy atom. The fraction of sp³-hybridized carbons (Fsp3) is 0.400. The number of rotatable bonds is 5. The Kier molecular flexibility index (Phi) is 6.24. The van der Waals surface area contributed by atoms with E-state index in [0.29, 0.717) is 21.8 Å². The van der Waals surface area contributed by atoms with Crippen LogP contribution in [0.2, 0.25) is 4.34 Å². The largest absolute Gasteiger partial charge is 0.462 e. The van der Waals surface area contributed by atoms with Gasteiger partial charge < -0.3 is 10.1 Å². The van der Waals surface area contributed by atoms with E-state index in [1.807, 2.05) is 0 Å². The fourth-order valence-corrected chi connectivity index (χ4v) is 2.33. The van der Waals surface area contributed by atoms with Crippen molar-refractivity contribution in [2.75, 3.05) is 24.3 Å². The lowest BCUT2D eigenvalue weighted by atomic mass is 10.3. The summed E-state index contributed by atoms with van der Waals surface area (Å²) in [6.45, 7) is 2.29. The van der Waals surface area contributed by atoms with E-state index in [-0.39, 0.29) is 12.2 Å². The lowest BCUT2D eigenvalue weighted by Gasteiger charge is -2.06. The molecule has 1 heterocycles. The molecule has 1 aromatic heterocycles. The average Bonchev–Trinajstić information content (AvgIpc) is 2.68. The minimum absolute atomic E-state index is 0.243. The zero-order chi connectivity index (χ0) is 13.5. The first-order valence-electron chi connectivity index (χ1n) is 5.15. The van der Waals surface area contributed by atoms with Gasteiger partial charge in [0.1, 0.15) is 5.00 Å². The Balaban J connectivity index is 2.75. The first-order valence-corrected chi connectivity index (χ1v) is 6.88. The van der Waals surface area contributed by atoms with Gasteiger partial charge in [0.25, 0.3) is 0 Å². The monoisotopic (exact) mass is 310 g/mol. The van der Waals surface area contributed by atoms with Crippen LogP contribution in [-0.4, -0.2) is 31.0 Å². The summed E-state index contributed by atoms with van der Waals surface area (Å²) in [4.78, 5) is 23.1. The van der Waals surface area contributed by atoms with E-state index in [1.165, 1.54) is 6.07 Å². The molecule has 1 aromatic rings. The number of anilines is 1. The number of nitrogens with one attached hydrogen (secondary N) is 2. The van der Waals surface area contributed by atoms with Gasteiger partial charge in [0.2, 0.25) is 0 Å². The SMILES string of the molecule is CCOC(=O)c1cc(Cl)sc1NC(=O)NCCCl. The van der Waals surface area contributed by atoms with Crippen molar-refractivity contribution >= 4 is 51.5 Å². The summed E-state index contributed by atoms with van der Waals surface area (Å²) in [5.74, 6) is -0.211.